The quantitative estimate of drug-likeness (QED) is 0.857. The van der Waals surface area contributed by atoms with E-state index in [2.05, 4.69) is 25.7 Å². The maximum Gasteiger partial charge on any atom is 0.291 e. The highest BCUT2D eigenvalue weighted by atomic mass is 32.1. The smallest absolute Gasteiger partial charge is 0.291 e. The molecular formula is C12H17N7OS. The zero-order valence-corrected chi connectivity index (χ0v) is 12.8. The second-order valence-corrected chi connectivity index (χ2v) is 5.80. The van der Waals surface area contributed by atoms with Crippen LogP contribution < -0.4 is 15.5 Å². The van der Waals surface area contributed by atoms with Gasteiger partial charge in [0.15, 0.2) is 5.13 Å². The fourth-order valence-electron chi connectivity index (χ4n) is 1.99. The summed E-state index contributed by atoms with van der Waals surface area (Å²) < 4.78 is 1.73. The summed E-state index contributed by atoms with van der Waals surface area (Å²) in [6.45, 7) is 2.03. The Bertz CT molecular complexity index is 624. The van der Waals surface area contributed by atoms with Crippen LogP contribution in [0.2, 0.25) is 0 Å². The van der Waals surface area contributed by atoms with Gasteiger partial charge in [-0.2, -0.15) is 4.98 Å². The molecule has 8 nitrogen and oxygen atoms in total. The second kappa shape index (κ2) is 5.68. The average Bonchev–Trinajstić information content (AvgIpc) is 3.11. The number of fused-ring (bicyclic) bond motifs is 1. The van der Waals surface area contributed by atoms with Crippen molar-refractivity contribution in [1.82, 2.24) is 25.1 Å². The maximum absolute atomic E-state index is 12.1. The van der Waals surface area contributed by atoms with Crippen LogP contribution in [-0.4, -0.2) is 46.3 Å². The van der Waals surface area contributed by atoms with Crippen LogP contribution in [0.25, 0.3) is 0 Å². The number of aromatic nitrogens is 4. The molecule has 3 heterocycles. The first-order valence-corrected chi connectivity index (χ1v) is 7.60. The number of nitrogens with zero attached hydrogens (tertiary/aromatic N) is 5. The summed E-state index contributed by atoms with van der Waals surface area (Å²) in [5, 5.41) is 13.0. The number of rotatable bonds is 4. The molecule has 112 valence electrons. The van der Waals surface area contributed by atoms with E-state index in [-0.39, 0.29) is 11.7 Å². The lowest BCUT2D eigenvalue weighted by atomic mass is 10.4. The Kier molecular flexibility index (Phi) is 3.74. The minimum absolute atomic E-state index is 0.197. The molecule has 0 aromatic carbocycles. The standard InChI is InChI=1S/C12H17N7OS/c1-18(2)12-15-8(7-21-12)6-14-10(20)9-16-11-13-4-3-5-19(11)17-9/h7H,3-6H2,1-2H3,(H,14,20)(H,13,16,17). The molecule has 21 heavy (non-hydrogen) atoms. The fourth-order valence-corrected chi connectivity index (χ4v) is 2.75. The number of amides is 1. The number of carbonyl (C=O) groups is 1. The van der Waals surface area contributed by atoms with Crippen molar-refractivity contribution >= 4 is 28.3 Å². The summed E-state index contributed by atoms with van der Waals surface area (Å²) in [6, 6.07) is 0. The van der Waals surface area contributed by atoms with Crippen molar-refractivity contribution in [3.63, 3.8) is 0 Å². The van der Waals surface area contributed by atoms with Gasteiger partial charge < -0.3 is 15.5 Å². The third-order valence-corrected chi connectivity index (χ3v) is 4.11. The molecule has 0 spiro atoms. The zero-order chi connectivity index (χ0) is 14.8. The van der Waals surface area contributed by atoms with Crippen LogP contribution >= 0.6 is 11.3 Å². The van der Waals surface area contributed by atoms with Crippen molar-refractivity contribution in [2.24, 2.45) is 0 Å². The Morgan fingerprint density at radius 1 is 1.52 bits per heavy atom. The summed E-state index contributed by atoms with van der Waals surface area (Å²) in [6.07, 6.45) is 0.990. The van der Waals surface area contributed by atoms with Gasteiger partial charge in [0.25, 0.3) is 5.91 Å². The first kappa shape index (κ1) is 13.8. The number of hydrogen-bond donors (Lipinski definition) is 2. The van der Waals surface area contributed by atoms with Crippen LogP contribution in [0.4, 0.5) is 11.1 Å². The van der Waals surface area contributed by atoms with Crippen LogP contribution in [0, 0.1) is 0 Å². The number of thiazole rings is 1. The molecule has 0 saturated heterocycles. The molecule has 2 aromatic rings. The van der Waals surface area contributed by atoms with Gasteiger partial charge >= 0.3 is 0 Å². The number of nitrogens with one attached hydrogen (secondary N) is 2. The maximum atomic E-state index is 12.1. The van der Waals surface area contributed by atoms with Crippen LogP contribution in [0.3, 0.4) is 0 Å². The summed E-state index contributed by atoms with van der Waals surface area (Å²) in [7, 11) is 3.88. The molecule has 0 atom stereocenters. The molecular weight excluding hydrogens is 290 g/mol. The average molecular weight is 307 g/mol. The third-order valence-electron chi connectivity index (χ3n) is 3.06. The molecule has 0 saturated carbocycles. The molecule has 3 rings (SSSR count). The largest absolute Gasteiger partial charge is 0.354 e. The van der Waals surface area contributed by atoms with Crippen molar-refractivity contribution in [1.29, 1.82) is 0 Å². The van der Waals surface area contributed by atoms with Gasteiger partial charge in [0.1, 0.15) is 0 Å². The van der Waals surface area contributed by atoms with E-state index < -0.39 is 0 Å². The minimum atomic E-state index is -0.280. The summed E-state index contributed by atoms with van der Waals surface area (Å²) in [5.74, 6) is 0.579. The van der Waals surface area contributed by atoms with E-state index in [1.165, 1.54) is 0 Å². The van der Waals surface area contributed by atoms with Gasteiger partial charge in [-0.3, -0.25) is 4.79 Å². The second-order valence-electron chi connectivity index (χ2n) is 4.96. The first-order chi connectivity index (χ1) is 10.1. The Morgan fingerprint density at radius 2 is 2.38 bits per heavy atom. The normalized spacial score (nSPS) is 13.4. The van der Waals surface area contributed by atoms with Crippen LogP contribution in [0.5, 0.6) is 0 Å². The molecule has 0 aliphatic carbocycles. The Morgan fingerprint density at radius 3 is 3.10 bits per heavy atom. The van der Waals surface area contributed by atoms with Crippen LogP contribution in [0.1, 0.15) is 22.7 Å². The molecule has 9 heteroatoms. The summed E-state index contributed by atoms with van der Waals surface area (Å²) in [5.41, 5.74) is 0.833. The van der Waals surface area contributed by atoms with E-state index in [0.717, 1.165) is 30.3 Å². The lowest BCUT2D eigenvalue weighted by Gasteiger charge is -2.12. The van der Waals surface area contributed by atoms with E-state index in [1.54, 1.807) is 16.0 Å². The summed E-state index contributed by atoms with van der Waals surface area (Å²) >= 11 is 1.55. The Hall–Kier alpha value is -2.16. The van der Waals surface area contributed by atoms with E-state index in [9.17, 15) is 4.79 Å². The predicted octanol–water partition coefficient (Wildman–Crippen LogP) is 0.546. The van der Waals surface area contributed by atoms with E-state index in [4.69, 9.17) is 0 Å². The number of anilines is 2. The number of carbonyl (C=O) groups excluding carboxylic acids is 1. The van der Waals surface area contributed by atoms with E-state index in [0.29, 0.717) is 12.5 Å². The SMILES string of the molecule is CN(C)c1nc(CNC(=O)c2nc3n(n2)CCCN3)cs1. The van der Waals surface area contributed by atoms with Gasteiger partial charge in [-0.1, -0.05) is 0 Å². The molecule has 2 aromatic heterocycles. The highest BCUT2D eigenvalue weighted by molar-refractivity contribution is 7.13. The van der Waals surface area contributed by atoms with Crippen LogP contribution in [-0.2, 0) is 13.1 Å². The minimum Gasteiger partial charge on any atom is -0.354 e. The fraction of sp³-hybridized carbons (Fsp3) is 0.500. The topological polar surface area (TPSA) is 88.0 Å². The van der Waals surface area contributed by atoms with Gasteiger partial charge in [-0.25, -0.2) is 9.67 Å². The van der Waals surface area contributed by atoms with Crippen molar-refractivity contribution in [3.05, 3.63) is 16.9 Å². The third kappa shape index (κ3) is 2.97. The lowest BCUT2D eigenvalue weighted by Crippen LogP contribution is -2.24. The zero-order valence-electron chi connectivity index (χ0n) is 12.0. The van der Waals surface area contributed by atoms with Crippen molar-refractivity contribution in [2.75, 3.05) is 30.9 Å². The van der Waals surface area contributed by atoms with E-state index >= 15 is 0 Å². The molecule has 0 radical (unpaired) electrons. The van der Waals surface area contributed by atoms with Crippen LogP contribution in [0.15, 0.2) is 5.38 Å². The van der Waals surface area contributed by atoms with Gasteiger partial charge in [0.2, 0.25) is 11.8 Å². The van der Waals surface area contributed by atoms with E-state index in [1.807, 2.05) is 24.4 Å². The van der Waals surface area contributed by atoms with Gasteiger partial charge in [-0.15, -0.1) is 16.4 Å². The first-order valence-electron chi connectivity index (χ1n) is 6.72. The predicted molar refractivity (Wildman–Crippen MR) is 80.7 cm³/mol. The highest BCUT2D eigenvalue weighted by Gasteiger charge is 2.18. The van der Waals surface area contributed by atoms with Gasteiger partial charge in [0.05, 0.1) is 12.2 Å². The molecule has 1 aliphatic rings. The molecule has 0 unspecified atom stereocenters. The molecule has 0 bridgehead atoms. The lowest BCUT2D eigenvalue weighted by molar-refractivity contribution is 0.0940. The molecule has 1 aliphatic heterocycles. The van der Waals surface area contributed by atoms with Gasteiger partial charge in [-0.05, 0) is 6.42 Å². The van der Waals surface area contributed by atoms with Crippen molar-refractivity contribution in [2.45, 2.75) is 19.5 Å². The Balaban J connectivity index is 1.62. The van der Waals surface area contributed by atoms with Crippen molar-refractivity contribution in [3.8, 4) is 0 Å². The highest BCUT2D eigenvalue weighted by Crippen LogP contribution is 2.17. The molecule has 1 amide bonds. The molecule has 2 N–H and O–H groups in total. The number of aryl methyl sites for hydroxylation is 1. The number of hydrogen-bond acceptors (Lipinski definition) is 7. The van der Waals surface area contributed by atoms with Gasteiger partial charge in [0, 0.05) is 32.6 Å². The summed E-state index contributed by atoms with van der Waals surface area (Å²) in [4.78, 5) is 22.6. The Labute approximate surface area is 126 Å². The van der Waals surface area contributed by atoms with Crippen molar-refractivity contribution < 1.29 is 4.79 Å². The molecule has 0 fully saturated rings. The monoisotopic (exact) mass is 307 g/mol.